The molecule has 1 unspecified atom stereocenters. The number of nitrogens with one attached hydrogen (secondary N) is 2. The molecule has 2 N–H and O–H groups in total. The van der Waals surface area contributed by atoms with E-state index >= 15 is 0 Å². The lowest BCUT2D eigenvalue weighted by Crippen LogP contribution is -2.25. The summed E-state index contributed by atoms with van der Waals surface area (Å²) in [6.07, 6.45) is 0. The van der Waals surface area contributed by atoms with E-state index in [1.807, 2.05) is 0 Å². The van der Waals surface area contributed by atoms with Crippen LogP contribution in [0, 0.1) is 5.41 Å². The molecule has 16 heavy (non-hydrogen) atoms. The van der Waals surface area contributed by atoms with Crippen LogP contribution in [-0.4, -0.2) is 23.8 Å². The van der Waals surface area contributed by atoms with Crippen LogP contribution in [0.4, 0.5) is 4.79 Å². The van der Waals surface area contributed by atoms with E-state index in [2.05, 4.69) is 5.32 Å². The molecule has 1 fully saturated rings. The molecule has 2 amide bonds. The Bertz CT molecular complexity index is 455. The fraction of sp³-hybridized carbons (Fsp3) is 0.200. The van der Waals surface area contributed by atoms with Crippen LogP contribution in [0.3, 0.4) is 0 Å². The van der Waals surface area contributed by atoms with Crippen LogP contribution in [0.2, 0.25) is 10.0 Å². The number of hydrogen-bond acceptors (Lipinski definition) is 2. The van der Waals surface area contributed by atoms with E-state index < -0.39 is 6.04 Å². The largest absolute Gasteiger partial charge is 0.323 e. The number of amides is 2. The molecule has 1 atom stereocenters. The summed E-state index contributed by atoms with van der Waals surface area (Å²) in [5.74, 6) is 0.0856. The summed E-state index contributed by atoms with van der Waals surface area (Å²) >= 11 is 12.1. The molecule has 2 rings (SSSR count). The number of amidine groups is 1. The van der Waals surface area contributed by atoms with Crippen molar-refractivity contribution < 1.29 is 4.79 Å². The molecule has 1 aromatic rings. The minimum absolute atomic E-state index is 0.0856. The second-order valence-electron chi connectivity index (χ2n) is 3.49. The van der Waals surface area contributed by atoms with Crippen molar-refractivity contribution in [2.24, 2.45) is 0 Å². The van der Waals surface area contributed by atoms with Gasteiger partial charge in [-0.3, -0.25) is 10.7 Å². The smallest absolute Gasteiger partial charge is 0.313 e. The molecule has 1 aliphatic rings. The van der Waals surface area contributed by atoms with Crippen LogP contribution in [-0.2, 0) is 0 Å². The average molecular weight is 258 g/mol. The van der Waals surface area contributed by atoms with E-state index in [-0.39, 0.29) is 11.9 Å². The zero-order valence-corrected chi connectivity index (χ0v) is 9.93. The zero-order chi connectivity index (χ0) is 11.9. The SMILES string of the molecule is CN1C(=O)NC(=N)C1c1c(Cl)cccc1Cl. The summed E-state index contributed by atoms with van der Waals surface area (Å²) in [6, 6.07) is 4.24. The number of rotatable bonds is 1. The summed E-state index contributed by atoms with van der Waals surface area (Å²) in [5.41, 5.74) is 0.580. The minimum Gasteiger partial charge on any atom is -0.313 e. The maximum Gasteiger partial charge on any atom is 0.323 e. The van der Waals surface area contributed by atoms with E-state index in [1.165, 1.54) is 4.90 Å². The van der Waals surface area contributed by atoms with Crippen molar-refractivity contribution >= 4 is 35.1 Å². The Balaban J connectivity index is 2.52. The van der Waals surface area contributed by atoms with Crippen molar-refractivity contribution in [3.05, 3.63) is 33.8 Å². The van der Waals surface area contributed by atoms with Crippen molar-refractivity contribution in [3.8, 4) is 0 Å². The highest BCUT2D eigenvalue weighted by atomic mass is 35.5. The molecule has 0 radical (unpaired) electrons. The summed E-state index contributed by atoms with van der Waals surface area (Å²) < 4.78 is 0. The van der Waals surface area contributed by atoms with Crippen molar-refractivity contribution in [2.45, 2.75) is 6.04 Å². The number of halogens is 2. The van der Waals surface area contributed by atoms with E-state index in [4.69, 9.17) is 28.6 Å². The van der Waals surface area contributed by atoms with Gasteiger partial charge in [-0.05, 0) is 12.1 Å². The van der Waals surface area contributed by atoms with Gasteiger partial charge in [-0.1, -0.05) is 29.3 Å². The van der Waals surface area contributed by atoms with Gasteiger partial charge in [0, 0.05) is 22.7 Å². The molecule has 1 saturated heterocycles. The fourth-order valence-corrected chi connectivity index (χ4v) is 2.30. The van der Waals surface area contributed by atoms with Crippen LogP contribution in [0.1, 0.15) is 11.6 Å². The molecule has 0 aliphatic carbocycles. The lowest BCUT2D eigenvalue weighted by atomic mass is 10.1. The van der Waals surface area contributed by atoms with Gasteiger partial charge in [0.05, 0.1) is 0 Å². The predicted octanol–water partition coefficient (Wildman–Crippen LogP) is 2.67. The van der Waals surface area contributed by atoms with Gasteiger partial charge in [0.25, 0.3) is 0 Å². The molecule has 84 valence electrons. The van der Waals surface area contributed by atoms with Crippen molar-refractivity contribution in [3.63, 3.8) is 0 Å². The number of carbonyl (C=O) groups excluding carboxylic acids is 1. The Morgan fingerprint density at radius 2 is 1.94 bits per heavy atom. The van der Waals surface area contributed by atoms with E-state index in [1.54, 1.807) is 25.2 Å². The van der Waals surface area contributed by atoms with Crippen LogP contribution in [0.15, 0.2) is 18.2 Å². The molecule has 0 bridgehead atoms. The summed E-state index contributed by atoms with van der Waals surface area (Å²) in [7, 11) is 1.60. The molecule has 0 saturated carbocycles. The predicted molar refractivity (Wildman–Crippen MR) is 63.2 cm³/mol. The number of urea groups is 1. The zero-order valence-electron chi connectivity index (χ0n) is 8.42. The van der Waals surface area contributed by atoms with Gasteiger partial charge in [-0.2, -0.15) is 0 Å². The number of likely N-dealkylation sites (N-methyl/N-ethyl adjacent to an activating group) is 1. The first-order valence-corrected chi connectivity index (χ1v) is 5.34. The molecule has 4 nitrogen and oxygen atoms in total. The Hall–Kier alpha value is -1.26. The second-order valence-corrected chi connectivity index (χ2v) is 4.31. The molecule has 1 heterocycles. The van der Waals surface area contributed by atoms with Gasteiger partial charge >= 0.3 is 6.03 Å². The molecular formula is C10H9Cl2N3O. The molecular weight excluding hydrogens is 249 g/mol. The summed E-state index contributed by atoms with van der Waals surface area (Å²) in [6.45, 7) is 0. The normalized spacial score (nSPS) is 20.2. The average Bonchev–Trinajstić information content (AvgIpc) is 2.44. The van der Waals surface area contributed by atoms with Crippen LogP contribution in [0.25, 0.3) is 0 Å². The number of nitrogens with zero attached hydrogens (tertiary/aromatic N) is 1. The third-order valence-electron chi connectivity index (χ3n) is 2.50. The van der Waals surface area contributed by atoms with Crippen molar-refractivity contribution in [2.75, 3.05) is 7.05 Å². The lowest BCUT2D eigenvalue weighted by Gasteiger charge is -2.20. The van der Waals surface area contributed by atoms with Gasteiger partial charge in [0.1, 0.15) is 11.9 Å². The molecule has 1 aliphatic heterocycles. The minimum atomic E-state index is -0.534. The van der Waals surface area contributed by atoms with E-state index in [0.29, 0.717) is 15.6 Å². The summed E-state index contributed by atoms with van der Waals surface area (Å²) in [4.78, 5) is 12.8. The molecule has 1 aromatic carbocycles. The first-order valence-electron chi connectivity index (χ1n) is 4.58. The third kappa shape index (κ3) is 1.64. The third-order valence-corrected chi connectivity index (χ3v) is 3.16. The number of benzene rings is 1. The first-order chi connectivity index (χ1) is 7.52. The Labute approximate surface area is 103 Å². The quantitative estimate of drug-likeness (QED) is 0.799. The maximum absolute atomic E-state index is 11.4. The van der Waals surface area contributed by atoms with Gasteiger partial charge in [0.2, 0.25) is 0 Å². The van der Waals surface area contributed by atoms with Gasteiger partial charge in [-0.25, -0.2) is 4.79 Å². The van der Waals surface area contributed by atoms with Crippen LogP contribution < -0.4 is 5.32 Å². The molecule has 6 heteroatoms. The monoisotopic (exact) mass is 257 g/mol. The van der Waals surface area contributed by atoms with E-state index in [0.717, 1.165) is 0 Å². The highest BCUT2D eigenvalue weighted by molar-refractivity contribution is 6.36. The topological polar surface area (TPSA) is 56.2 Å². The number of carbonyl (C=O) groups is 1. The van der Waals surface area contributed by atoms with Crippen molar-refractivity contribution in [1.29, 1.82) is 5.41 Å². The van der Waals surface area contributed by atoms with Gasteiger partial charge < -0.3 is 4.90 Å². The Kier molecular flexibility index (Phi) is 2.78. The van der Waals surface area contributed by atoms with E-state index in [9.17, 15) is 4.79 Å². The highest BCUT2D eigenvalue weighted by Gasteiger charge is 2.36. The second kappa shape index (κ2) is 3.96. The van der Waals surface area contributed by atoms with Gasteiger partial charge in [-0.15, -0.1) is 0 Å². The molecule has 0 spiro atoms. The van der Waals surface area contributed by atoms with Gasteiger partial charge in [0.15, 0.2) is 0 Å². The standard InChI is InChI=1S/C10H9Cl2N3O/c1-15-8(9(13)14-10(15)16)7-5(11)3-2-4-6(7)12/h2-4,8H,1H3,(H2,13,14,16). The van der Waals surface area contributed by atoms with Crippen molar-refractivity contribution in [1.82, 2.24) is 10.2 Å². The Morgan fingerprint density at radius 1 is 1.38 bits per heavy atom. The van der Waals surface area contributed by atoms with Crippen LogP contribution >= 0.6 is 23.2 Å². The first kappa shape index (κ1) is 11.2. The number of hydrogen-bond donors (Lipinski definition) is 2. The Morgan fingerprint density at radius 3 is 2.38 bits per heavy atom. The lowest BCUT2D eigenvalue weighted by molar-refractivity contribution is 0.217. The maximum atomic E-state index is 11.4. The highest BCUT2D eigenvalue weighted by Crippen LogP contribution is 2.35. The molecule has 0 aromatic heterocycles. The fourth-order valence-electron chi connectivity index (χ4n) is 1.69. The summed E-state index contributed by atoms with van der Waals surface area (Å²) in [5, 5.41) is 11.0. The van der Waals surface area contributed by atoms with Crippen LogP contribution in [0.5, 0.6) is 0 Å².